The van der Waals surface area contributed by atoms with Gasteiger partial charge < -0.3 is 4.74 Å². The molecule has 0 atom stereocenters. The van der Waals surface area contributed by atoms with Crippen LogP contribution in [0.5, 0.6) is 11.5 Å². The van der Waals surface area contributed by atoms with Crippen LogP contribution in [0.3, 0.4) is 0 Å². The Morgan fingerprint density at radius 1 is 0.110 bits per heavy atom. The van der Waals surface area contributed by atoms with E-state index in [9.17, 15) is 0 Å². The molecule has 0 fully saturated rings. The fraction of sp³-hybridized carbons (Fsp3) is 0.00719. The summed E-state index contributed by atoms with van der Waals surface area (Å²) in [5.41, 5.74) is 38.7. The Bertz CT molecular complexity index is 7860. The lowest BCUT2D eigenvalue weighted by Crippen LogP contribution is -2.34. The molecule has 0 amide bonds. The highest BCUT2D eigenvalue weighted by Gasteiger charge is 2.46. The van der Waals surface area contributed by atoms with Gasteiger partial charge in [-0.15, -0.1) is 0 Å². The number of aromatic nitrogens is 6. The van der Waals surface area contributed by atoms with Gasteiger partial charge in [0, 0.05) is 44.5 Å². The van der Waals surface area contributed by atoms with Crippen LogP contribution >= 0.6 is 0 Å². The molecule has 0 saturated heterocycles. The molecule has 7 nitrogen and oxygen atoms in total. The van der Waals surface area contributed by atoms with Crippen molar-refractivity contribution in [2.45, 2.75) is 5.41 Å². The van der Waals surface area contributed by atoms with E-state index in [0.717, 1.165) is 223 Å². The lowest BCUT2D eigenvalue weighted by Gasteiger charge is -2.41. The first-order valence-corrected chi connectivity index (χ1v) is 49.5. The van der Waals surface area contributed by atoms with Gasteiger partial charge in [0.2, 0.25) is 0 Å². The van der Waals surface area contributed by atoms with Gasteiger partial charge >= 0.3 is 0 Å². The molecule has 0 bridgehead atoms. The normalized spacial score (nSPS) is 11.8. The summed E-state index contributed by atoms with van der Waals surface area (Å²) >= 11 is 0. The van der Waals surface area contributed by atoms with Crippen molar-refractivity contribution in [3.05, 3.63) is 580 Å². The van der Waals surface area contributed by atoms with E-state index >= 15 is 0 Å². The fourth-order valence-electron chi connectivity index (χ4n) is 20.8. The van der Waals surface area contributed by atoms with Gasteiger partial charge in [-0.05, 0) is 300 Å². The molecule has 0 saturated carbocycles. The van der Waals surface area contributed by atoms with Crippen LogP contribution in [0.1, 0.15) is 22.3 Å². The number of nitrogens with zero attached hydrogens (tertiary/aromatic N) is 6. The van der Waals surface area contributed by atoms with Crippen LogP contribution in [-0.2, 0) is 5.41 Å². The van der Waals surface area contributed by atoms with Gasteiger partial charge in [0.15, 0.2) is 34.9 Å². The maximum absolute atomic E-state index is 7.05. The Labute approximate surface area is 850 Å². The molecule has 1 aliphatic heterocycles. The largest absolute Gasteiger partial charge is 0.457 e. The van der Waals surface area contributed by atoms with Crippen molar-refractivity contribution >= 4 is 0 Å². The predicted octanol–water partition coefficient (Wildman–Crippen LogP) is 35.9. The molecule has 1 aliphatic rings. The Kier molecular flexibility index (Phi) is 23.6. The lowest BCUT2D eigenvalue weighted by molar-refractivity contribution is 0.434. The van der Waals surface area contributed by atoms with E-state index in [1.54, 1.807) is 0 Å². The molecule has 0 radical (unpaired) electrons. The molecule has 0 unspecified atom stereocenters. The second-order valence-electron chi connectivity index (χ2n) is 37.2. The minimum absolute atomic E-state index is 0.531. The van der Waals surface area contributed by atoms with Crippen LogP contribution in [0.4, 0.5) is 0 Å². The van der Waals surface area contributed by atoms with Gasteiger partial charge in [-0.25, -0.2) is 29.9 Å². The van der Waals surface area contributed by atoms with E-state index in [1.165, 1.54) is 0 Å². The van der Waals surface area contributed by atoms with Gasteiger partial charge in [-0.1, -0.05) is 425 Å². The summed E-state index contributed by atoms with van der Waals surface area (Å²) in [6.45, 7) is 0. The Morgan fingerprint density at radius 2 is 0.247 bits per heavy atom. The van der Waals surface area contributed by atoms with E-state index in [4.69, 9.17) is 34.6 Å². The standard InChI is InChI=1S/C139H92N6O/c1-9-37-93(38-10-1)115-79-116(94-39-11-2-12-40-94)84-123(83-115)103-55-31-63-111(75-103)135-140-133(141-136(144-135)112-64-32-56-104(76-112)124-85-117(95-41-13-3-14-42-95)80-118(86-124)96-43-15-4-16-44-96)109-61-29-53-101(73-109)107-59-35-67-127(91-107)139(129-69-25-27-71-131(129)146-132-72-28-26-70-130(132)139)128-68-36-60-108(92-128)102-54-30-62-110(74-102)134-142-137(113-65-33-57-105(77-113)125-87-119(97-45-17-5-18-46-97)81-120(88-125)98-47-19-6-20-48-98)145-138(143-134)114-66-34-58-106(78-114)126-89-121(99-49-21-7-22-50-99)82-122(90-126)100-51-23-8-24-52-100/h1-92H. The van der Waals surface area contributed by atoms with Crippen molar-refractivity contribution in [3.8, 4) is 236 Å². The molecule has 684 valence electrons. The van der Waals surface area contributed by atoms with Crippen molar-refractivity contribution in [1.29, 1.82) is 0 Å². The third kappa shape index (κ3) is 17.9. The third-order valence-electron chi connectivity index (χ3n) is 28.0. The maximum Gasteiger partial charge on any atom is 0.164 e. The van der Waals surface area contributed by atoms with Crippen molar-refractivity contribution in [3.63, 3.8) is 0 Å². The highest BCUT2D eigenvalue weighted by molar-refractivity contribution is 5.90. The van der Waals surface area contributed by atoms with E-state index in [-0.39, 0.29) is 0 Å². The van der Waals surface area contributed by atoms with Crippen molar-refractivity contribution in [2.24, 2.45) is 0 Å². The summed E-state index contributed by atoms with van der Waals surface area (Å²) in [7, 11) is 0. The quantitative estimate of drug-likeness (QED) is 0.0668. The molecule has 22 aromatic carbocycles. The Morgan fingerprint density at radius 3 is 0.445 bits per heavy atom. The van der Waals surface area contributed by atoms with Crippen LogP contribution in [0.2, 0.25) is 0 Å². The lowest BCUT2D eigenvalue weighted by atomic mass is 9.63. The van der Waals surface area contributed by atoms with Gasteiger partial charge in [0.05, 0.1) is 5.41 Å². The number of benzene rings is 22. The van der Waals surface area contributed by atoms with Crippen LogP contribution in [-0.4, -0.2) is 29.9 Å². The van der Waals surface area contributed by atoms with Gasteiger partial charge in [0.1, 0.15) is 11.5 Å². The smallest absolute Gasteiger partial charge is 0.164 e. The molecule has 0 spiro atoms. The average molecular weight is 1860 g/mol. The van der Waals surface area contributed by atoms with Crippen LogP contribution in [0.25, 0.3) is 224 Å². The van der Waals surface area contributed by atoms with E-state index in [0.29, 0.717) is 34.9 Å². The minimum atomic E-state index is -0.940. The minimum Gasteiger partial charge on any atom is -0.457 e. The predicted molar refractivity (Wildman–Crippen MR) is 600 cm³/mol. The fourth-order valence-corrected chi connectivity index (χ4v) is 20.8. The monoisotopic (exact) mass is 1860 g/mol. The molecule has 3 heterocycles. The van der Waals surface area contributed by atoms with Gasteiger partial charge in [0.25, 0.3) is 0 Å². The van der Waals surface area contributed by atoms with E-state index < -0.39 is 5.41 Å². The number of hydrogen-bond acceptors (Lipinski definition) is 7. The topological polar surface area (TPSA) is 86.6 Å². The van der Waals surface area contributed by atoms with E-state index in [1.807, 2.05) is 0 Å². The summed E-state index contributed by atoms with van der Waals surface area (Å²) in [6, 6.07) is 200. The van der Waals surface area contributed by atoms with Gasteiger partial charge in [-0.3, -0.25) is 0 Å². The molecule has 25 rings (SSSR count). The summed E-state index contributed by atoms with van der Waals surface area (Å²) in [6.07, 6.45) is 0. The zero-order valence-corrected chi connectivity index (χ0v) is 79.7. The number of ether oxygens (including phenoxy) is 1. The molecule has 7 heteroatoms. The Hall–Kier alpha value is -19.3. The molecule has 0 N–H and O–H groups in total. The van der Waals surface area contributed by atoms with Crippen LogP contribution < -0.4 is 4.74 Å². The zero-order chi connectivity index (χ0) is 97.1. The van der Waals surface area contributed by atoms with E-state index in [2.05, 4.69) is 558 Å². The molecule has 2 aromatic heterocycles. The zero-order valence-electron chi connectivity index (χ0n) is 79.7. The molecule has 146 heavy (non-hydrogen) atoms. The first-order valence-electron chi connectivity index (χ1n) is 49.5. The summed E-state index contributed by atoms with van der Waals surface area (Å²) in [5.74, 6) is 4.77. The average Bonchev–Trinajstić information content (AvgIpc) is 0.701. The van der Waals surface area contributed by atoms with Crippen LogP contribution in [0.15, 0.2) is 558 Å². The first kappa shape index (κ1) is 88.1. The summed E-state index contributed by atoms with van der Waals surface area (Å²) in [4.78, 5) is 33.3. The molecule has 0 aliphatic carbocycles. The second-order valence-corrected chi connectivity index (χ2v) is 37.2. The van der Waals surface area contributed by atoms with Gasteiger partial charge in [-0.2, -0.15) is 0 Å². The molecular weight excluding hydrogens is 1770 g/mol. The number of rotatable bonds is 22. The van der Waals surface area contributed by atoms with Crippen molar-refractivity contribution in [1.82, 2.24) is 29.9 Å². The first-order chi connectivity index (χ1) is 72.2. The third-order valence-corrected chi connectivity index (χ3v) is 28.0. The molecular formula is C139H92N6O. The maximum atomic E-state index is 7.05. The highest BCUT2D eigenvalue weighted by Crippen LogP contribution is 2.57. The SMILES string of the molecule is c1ccc(-c2cc(-c3ccccc3)cc(-c3cccc(-c4nc(-c5cccc(-c6cc(-c7ccccc7)cc(-c7ccccc7)c6)c5)nc(-c5cccc(-c6cccc(C7(c8cccc(-c9cccc(-c%10nc(-c%11cccc(-c%12cc(-c%13ccccc%13)cc(-c%13ccccc%13)c%12)c%11)nc(-c%11cccc(-c%12cc(-c%13ccccc%13)cc(-c%13ccccc%13)c%12)c%11)n%10)c9)c8)c8ccccc8Oc8ccccc87)c6)c5)n4)c3)c2)cc1. The van der Waals surface area contributed by atoms with Crippen LogP contribution in [0, 0.1) is 0 Å². The van der Waals surface area contributed by atoms with Crippen molar-refractivity contribution in [2.75, 3.05) is 0 Å². The number of para-hydroxylation sites is 2. The number of fused-ring (bicyclic) bond motifs is 2. The van der Waals surface area contributed by atoms with Crippen molar-refractivity contribution < 1.29 is 4.74 Å². The summed E-state index contributed by atoms with van der Waals surface area (Å²) in [5, 5.41) is 0. The molecule has 24 aromatic rings. The number of hydrogen-bond donors (Lipinski definition) is 0. The highest BCUT2D eigenvalue weighted by atomic mass is 16.5. The second kappa shape index (κ2) is 39.0. The Balaban J connectivity index is 0.610. The summed E-state index contributed by atoms with van der Waals surface area (Å²) < 4.78 is 7.05.